The Hall–Kier alpha value is -3.24. The van der Waals surface area contributed by atoms with E-state index in [0.717, 1.165) is 12.1 Å². The lowest BCUT2D eigenvalue weighted by Gasteiger charge is -2.30. The second-order valence-corrected chi connectivity index (χ2v) is 8.59. The summed E-state index contributed by atoms with van der Waals surface area (Å²) in [5.41, 5.74) is 1.63. The molecular weight excluding hydrogens is 435 g/mol. The number of primary sulfonamides is 1. The Balaban J connectivity index is 1.93. The van der Waals surface area contributed by atoms with Gasteiger partial charge in [-0.3, -0.25) is 0 Å². The molecule has 0 bridgehead atoms. The lowest BCUT2D eigenvalue weighted by Crippen LogP contribution is -2.18. The number of fused-ring (bicyclic) bond motifs is 3. The molecule has 1 heterocycles. The van der Waals surface area contributed by atoms with Gasteiger partial charge in [-0.2, -0.15) is 8.78 Å². The molecule has 1 aliphatic heterocycles. The van der Waals surface area contributed by atoms with Crippen LogP contribution in [-0.4, -0.2) is 20.1 Å². The molecule has 3 aromatic rings. The molecule has 31 heavy (non-hydrogen) atoms. The minimum absolute atomic E-state index is 0.131. The van der Waals surface area contributed by atoms with Gasteiger partial charge in [0, 0.05) is 17.2 Å². The molecule has 0 aromatic heterocycles. The highest BCUT2D eigenvalue weighted by Crippen LogP contribution is 2.49. The van der Waals surface area contributed by atoms with Gasteiger partial charge < -0.3 is 14.6 Å². The second-order valence-electron chi connectivity index (χ2n) is 6.98. The maximum Gasteiger partial charge on any atom is 0.387 e. The molecule has 3 N–H and O–H groups in total. The Kier molecular flexibility index (Phi) is 5.28. The maximum atomic E-state index is 13.9. The van der Waals surface area contributed by atoms with Crippen molar-refractivity contribution in [3.8, 4) is 28.4 Å². The van der Waals surface area contributed by atoms with E-state index >= 15 is 0 Å². The number of sulfonamides is 1. The van der Waals surface area contributed by atoms with Crippen LogP contribution in [0.3, 0.4) is 0 Å². The number of phenols is 1. The summed E-state index contributed by atoms with van der Waals surface area (Å²) < 4.78 is 73.5. The lowest BCUT2D eigenvalue weighted by molar-refractivity contribution is -0.0496. The normalized spacial score (nSPS) is 15.2. The molecule has 0 saturated heterocycles. The van der Waals surface area contributed by atoms with Gasteiger partial charge >= 0.3 is 6.61 Å². The molecule has 6 nitrogen and oxygen atoms in total. The quantitative estimate of drug-likeness (QED) is 0.609. The molecule has 0 amide bonds. The summed E-state index contributed by atoms with van der Waals surface area (Å²) in [5.74, 6) is -1.43. The molecule has 1 aliphatic rings. The minimum Gasteiger partial charge on any atom is -0.508 e. The summed E-state index contributed by atoms with van der Waals surface area (Å²) >= 11 is 0. The first-order valence-electron chi connectivity index (χ1n) is 8.98. The van der Waals surface area contributed by atoms with Crippen molar-refractivity contribution < 1.29 is 36.2 Å². The fourth-order valence-corrected chi connectivity index (χ4v) is 4.28. The van der Waals surface area contributed by atoms with Gasteiger partial charge in [-0.05, 0) is 35.4 Å². The third-order valence-electron chi connectivity index (χ3n) is 4.69. The summed E-state index contributed by atoms with van der Waals surface area (Å²) in [6.45, 7) is -3.07. The predicted molar refractivity (Wildman–Crippen MR) is 106 cm³/mol. The van der Waals surface area contributed by atoms with E-state index in [4.69, 9.17) is 9.88 Å². The number of hydrogen-bond acceptors (Lipinski definition) is 5. The number of nitrogens with two attached hydrogens (primary N) is 1. The van der Waals surface area contributed by atoms with Crippen LogP contribution in [0.1, 0.15) is 22.8 Å². The van der Waals surface area contributed by atoms with Gasteiger partial charge in [0.25, 0.3) is 0 Å². The van der Waals surface area contributed by atoms with Crippen molar-refractivity contribution in [1.82, 2.24) is 0 Å². The largest absolute Gasteiger partial charge is 0.508 e. The van der Waals surface area contributed by atoms with Gasteiger partial charge in [-0.25, -0.2) is 17.9 Å². The zero-order valence-electron chi connectivity index (χ0n) is 15.8. The third-order valence-corrected chi connectivity index (χ3v) is 5.43. The smallest absolute Gasteiger partial charge is 0.387 e. The summed E-state index contributed by atoms with van der Waals surface area (Å²) in [4.78, 5) is 0. The molecule has 1 unspecified atom stereocenters. The first kappa shape index (κ1) is 21.0. The first-order chi connectivity index (χ1) is 14.6. The van der Waals surface area contributed by atoms with Gasteiger partial charge in [0.2, 0.25) is 10.0 Å². The Morgan fingerprint density at radius 1 is 1.13 bits per heavy atom. The zero-order chi connectivity index (χ0) is 22.3. The molecular formula is C21H16F3NO5S. The van der Waals surface area contributed by atoms with Crippen LogP contribution in [-0.2, 0) is 15.8 Å². The molecule has 0 aliphatic carbocycles. The number of hydrogen-bond donors (Lipinski definition) is 2. The molecule has 162 valence electrons. The van der Waals surface area contributed by atoms with Crippen LogP contribution in [0.4, 0.5) is 13.2 Å². The summed E-state index contributed by atoms with van der Waals surface area (Å²) in [6.07, 6.45) is -0.952. The van der Waals surface area contributed by atoms with E-state index in [2.05, 4.69) is 4.74 Å². The van der Waals surface area contributed by atoms with E-state index < -0.39 is 34.3 Å². The first-order valence-corrected chi connectivity index (χ1v) is 10.7. The van der Waals surface area contributed by atoms with Crippen LogP contribution >= 0.6 is 0 Å². The van der Waals surface area contributed by atoms with Crippen LogP contribution in [0.15, 0.2) is 54.6 Å². The average molecular weight is 451 g/mol. The number of phenolic OH excluding ortho intramolecular Hbond substituents is 1. The Labute approximate surface area is 175 Å². The lowest BCUT2D eigenvalue weighted by atomic mass is 9.88. The van der Waals surface area contributed by atoms with E-state index in [9.17, 15) is 26.7 Å². The van der Waals surface area contributed by atoms with E-state index in [0.29, 0.717) is 16.7 Å². The van der Waals surface area contributed by atoms with Gasteiger partial charge in [0.05, 0.1) is 11.3 Å². The van der Waals surface area contributed by atoms with Crippen LogP contribution in [0.2, 0.25) is 0 Å². The van der Waals surface area contributed by atoms with Gasteiger partial charge in [-0.1, -0.05) is 24.3 Å². The van der Waals surface area contributed by atoms with Crippen molar-refractivity contribution in [2.24, 2.45) is 5.14 Å². The van der Waals surface area contributed by atoms with Crippen LogP contribution in [0.25, 0.3) is 11.1 Å². The van der Waals surface area contributed by atoms with E-state index in [1.807, 2.05) is 0 Å². The summed E-state index contributed by atoms with van der Waals surface area (Å²) in [5, 5.41) is 15.0. The number of rotatable bonds is 5. The van der Waals surface area contributed by atoms with Crippen LogP contribution in [0, 0.1) is 5.82 Å². The van der Waals surface area contributed by atoms with Crippen molar-refractivity contribution in [3.05, 3.63) is 77.1 Å². The molecule has 0 saturated carbocycles. The van der Waals surface area contributed by atoms with Crippen molar-refractivity contribution in [2.45, 2.75) is 18.5 Å². The minimum atomic E-state index is -3.85. The van der Waals surface area contributed by atoms with Crippen molar-refractivity contribution in [3.63, 3.8) is 0 Å². The highest BCUT2D eigenvalue weighted by atomic mass is 32.2. The Morgan fingerprint density at radius 2 is 1.90 bits per heavy atom. The van der Waals surface area contributed by atoms with E-state index in [-0.39, 0.29) is 28.4 Å². The van der Waals surface area contributed by atoms with Gasteiger partial charge in [0.15, 0.2) is 0 Å². The molecule has 0 fully saturated rings. The predicted octanol–water partition coefficient (Wildman–Crippen LogP) is 4.07. The highest BCUT2D eigenvalue weighted by Gasteiger charge is 2.31. The van der Waals surface area contributed by atoms with Gasteiger partial charge in [-0.15, -0.1) is 0 Å². The fraction of sp³-hybridized carbons (Fsp3) is 0.143. The summed E-state index contributed by atoms with van der Waals surface area (Å²) in [7, 11) is -3.85. The Morgan fingerprint density at radius 3 is 2.58 bits per heavy atom. The van der Waals surface area contributed by atoms with Crippen molar-refractivity contribution in [2.75, 3.05) is 0 Å². The SMILES string of the molecule is NS(=O)(=O)Cc1ccc2c(c1)C(c1cc(O)cc(F)c1)Oc1cccc(OC(F)F)c1-2. The number of ether oxygens (including phenoxy) is 2. The average Bonchev–Trinajstić information content (AvgIpc) is 2.64. The van der Waals surface area contributed by atoms with Crippen LogP contribution in [0.5, 0.6) is 17.2 Å². The van der Waals surface area contributed by atoms with Crippen molar-refractivity contribution >= 4 is 10.0 Å². The topological polar surface area (TPSA) is 98.9 Å². The van der Waals surface area contributed by atoms with Crippen LogP contribution < -0.4 is 14.6 Å². The maximum absolute atomic E-state index is 13.9. The number of benzene rings is 3. The summed E-state index contributed by atoms with van der Waals surface area (Å²) in [6, 6.07) is 12.3. The number of halogens is 3. The fourth-order valence-electron chi connectivity index (χ4n) is 3.63. The second kappa shape index (κ2) is 7.78. The zero-order valence-corrected chi connectivity index (χ0v) is 16.6. The van der Waals surface area contributed by atoms with E-state index in [1.54, 1.807) is 12.1 Å². The van der Waals surface area contributed by atoms with Gasteiger partial charge in [0.1, 0.15) is 29.2 Å². The van der Waals surface area contributed by atoms with E-state index in [1.165, 1.54) is 30.3 Å². The van der Waals surface area contributed by atoms with Crippen molar-refractivity contribution in [1.29, 1.82) is 0 Å². The molecule has 3 aromatic carbocycles. The standard InChI is InChI=1S/C21H16F3NO5S/c22-13-7-12(8-14(26)9-13)20-16-6-11(10-31(25,27)28)4-5-15(16)19-17(29-20)2-1-3-18(19)30-21(23)24/h1-9,20-21,26H,10H2,(H2,25,27,28). The monoisotopic (exact) mass is 451 g/mol. The molecule has 0 spiro atoms. The Bertz CT molecular complexity index is 1240. The molecule has 10 heteroatoms. The number of alkyl halides is 2. The molecule has 0 radical (unpaired) electrons. The number of aromatic hydroxyl groups is 1. The third kappa shape index (κ3) is 4.44. The molecule has 4 rings (SSSR count). The highest BCUT2D eigenvalue weighted by molar-refractivity contribution is 7.88. The molecule has 1 atom stereocenters.